The van der Waals surface area contributed by atoms with Crippen LogP contribution in [0.5, 0.6) is 0 Å². The summed E-state index contributed by atoms with van der Waals surface area (Å²) >= 11 is 0. The Morgan fingerprint density at radius 1 is 1.35 bits per heavy atom. The van der Waals surface area contributed by atoms with Crippen LogP contribution in [0.3, 0.4) is 0 Å². The van der Waals surface area contributed by atoms with E-state index in [0.717, 1.165) is 0 Å². The molecule has 0 saturated carbocycles. The summed E-state index contributed by atoms with van der Waals surface area (Å²) in [5.41, 5.74) is -0.989. The van der Waals surface area contributed by atoms with Crippen LogP contribution < -0.4 is 4.72 Å². The highest BCUT2D eigenvalue weighted by Gasteiger charge is 2.30. The summed E-state index contributed by atoms with van der Waals surface area (Å²) in [6, 6.07) is 2.04. The molecule has 0 fully saturated rings. The second kappa shape index (κ2) is 6.94. The Hall–Kier alpha value is -0.640. The molecule has 0 radical (unpaired) electrons. The number of ether oxygens (including phenoxy) is 1. The molecule has 0 heterocycles. The van der Waals surface area contributed by atoms with Gasteiger partial charge in [0.05, 0.1) is 24.5 Å². The van der Waals surface area contributed by atoms with E-state index in [1.807, 2.05) is 19.9 Å². The van der Waals surface area contributed by atoms with Gasteiger partial charge in [-0.1, -0.05) is 13.8 Å². The van der Waals surface area contributed by atoms with Gasteiger partial charge >= 0.3 is 0 Å². The van der Waals surface area contributed by atoms with E-state index in [1.54, 1.807) is 13.8 Å². The summed E-state index contributed by atoms with van der Waals surface area (Å²) in [5.74, 6) is -0.116. The van der Waals surface area contributed by atoms with E-state index in [2.05, 4.69) is 4.72 Å². The highest BCUT2D eigenvalue weighted by molar-refractivity contribution is 7.89. The fourth-order valence-electron chi connectivity index (χ4n) is 1.32. The Morgan fingerprint density at radius 3 is 2.24 bits per heavy atom. The van der Waals surface area contributed by atoms with Gasteiger partial charge in [0, 0.05) is 0 Å². The summed E-state index contributed by atoms with van der Waals surface area (Å²) in [6.45, 7) is 7.41. The van der Waals surface area contributed by atoms with E-state index >= 15 is 0 Å². The molecule has 0 saturated heterocycles. The molecule has 0 aliphatic rings. The van der Waals surface area contributed by atoms with Crippen LogP contribution in [0.4, 0.5) is 0 Å². The Morgan fingerprint density at radius 2 is 1.88 bits per heavy atom. The largest absolute Gasteiger partial charge is 0.378 e. The van der Waals surface area contributed by atoms with Gasteiger partial charge in [0.25, 0.3) is 0 Å². The van der Waals surface area contributed by atoms with Crippen LogP contribution in [0.2, 0.25) is 0 Å². The van der Waals surface area contributed by atoms with Crippen LogP contribution in [-0.4, -0.2) is 32.4 Å². The van der Waals surface area contributed by atoms with Crippen molar-refractivity contribution in [3.63, 3.8) is 0 Å². The van der Waals surface area contributed by atoms with E-state index in [9.17, 15) is 8.42 Å². The number of sulfonamides is 1. The van der Waals surface area contributed by atoms with Gasteiger partial charge in [0.2, 0.25) is 10.0 Å². The third-order valence-corrected chi connectivity index (χ3v) is 3.98. The molecule has 6 heteroatoms. The maximum Gasteiger partial charge on any atom is 0.215 e. The fourth-order valence-corrected chi connectivity index (χ4v) is 2.66. The quantitative estimate of drug-likeness (QED) is 0.717. The van der Waals surface area contributed by atoms with Crippen LogP contribution >= 0.6 is 0 Å². The summed E-state index contributed by atoms with van der Waals surface area (Å²) in [6.07, 6.45) is 0.900. The molecular weight excluding hydrogens is 240 g/mol. The zero-order chi connectivity index (χ0) is 13.5. The number of nitrogens with one attached hydrogen (secondary N) is 1. The van der Waals surface area contributed by atoms with E-state index in [0.29, 0.717) is 12.8 Å². The molecule has 0 atom stereocenters. The Kier molecular flexibility index (Phi) is 6.68. The first kappa shape index (κ1) is 16.4. The monoisotopic (exact) mass is 262 g/mol. The molecule has 0 spiro atoms. The lowest BCUT2D eigenvalue weighted by atomic mass is 9.97. The number of hydrogen-bond donors (Lipinski definition) is 1. The van der Waals surface area contributed by atoms with Crippen LogP contribution in [0.15, 0.2) is 0 Å². The smallest absolute Gasteiger partial charge is 0.215 e. The first-order chi connectivity index (χ1) is 7.81. The highest BCUT2D eigenvalue weighted by Crippen LogP contribution is 2.15. The molecule has 17 heavy (non-hydrogen) atoms. The predicted octanol–water partition coefficient (Wildman–Crippen LogP) is 1.41. The van der Waals surface area contributed by atoms with Gasteiger partial charge in [0.1, 0.15) is 5.54 Å². The van der Waals surface area contributed by atoms with Crippen molar-refractivity contribution >= 4 is 10.0 Å². The molecule has 0 aliphatic heterocycles. The molecule has 0 aromatic carbocycles. The van der Waals surface area contributed by atoms with Crippen LogP contribution in [0.25, 0.3) is 0 Å². The molecule has 0 amide bonds. The first-order valence-corrected chi connectivity index (χ1v) is 7.50. The zero-order valence-corrected chi connectivity index (χ0v) is 11.8. The van der Waals surface area contributed by atoms with Gasteiger partial charge in [0.15, 0.2) is 0 Å². The van der Waals surface area contributed by atoms with E-state index in [1.165, 1.54) is 0 Å². The Labute approximate surface area is 104 Å². The topological polar surface area (TPSA) is 79.2 Å². The van der Waals surface area contributed by atoms with Gasteiger partial charge in [-0.05, 0) is 26.7 Å². The highest BCUT2D eigenvalue weighted by atomic mass is 32.2. The SMILES string of the molecule is CCC(C#N)(CC)NS(=O)(=O)CCOC(C)C. The van der Waals surface area contributed by atoms with Gasteiger partial charge < -0.3 is 4.74 Å². The maximum atomic E-state index is 11.8. The minimum atomic E-state index is -3.47. The lowest BCUT2D eigenvalue weighted by Gasteiger charge is -2.24. The molecule has 0 unspecified atom stereocenters. The Balaban J connectivity index is 4.49. The minimum absolute atomic E-state index is 0.00303. The van der Waals surface area contributed by atoms with Crippen LogP contribution in [0.1, 0.15) is 40.5 Å². The molecule has 5 nitrogen and oxygen atoms in total. The maximum absolute atomic E-state index is 11.8. The predicted molar refractivity (Wildman–Crippen MR) is 66.9 cm³/mol. The average Bonchev–Trinajstić information content (AvgIpc) is 2.25. The fraction of sp³-hybridized carbons (Fsp3) is 0.909. The number of nitrogens with zero attached hydrogens (tertiary/aromatic N) is 1. The van der Waals surface area contributed by atoms with Crippen molar-refractivity contribution in [2.45, 2.75) is 52.2 Å². The Bertz CT molecular complexity index is 353. The van der Waals surface area contributed by atoms with Crippen molar-refractivity contribution in [2.75, 3.05) is 12.4 Å². The molecule has 0 aliphatic carbocycles. The molecule has 1 N–H and O–H groups in total. The van der Waals surface area contributed by atoms with Gasteiger partial charge in [-0.2, -0.15) is 9.98 Å². The third kappa shape index (κ3) is 6.01. The van der Waals surface area contributed by atoms with Crippen molar-refractivity contribution < 1.29 is 13.2 Å². The average molecular weight is 262 g/mol. The third-order valence-electron chi connectivity index (χ3n) is 2.58. The lowest BCUT2D eigenvalue weighted by Crippen LogP contribution is -2.47. The first-order valence-electron chi connectivity index (χ1n) is 5.85. The normalized spacial score (nSPS) is 12.7. The molecule has 0 aromatic heterocycles. The number of hydrogen-bond acceptors (Lipinski definition) is 4. The summed E-state index contributed by atoms with van der Waals surface area (Å²) in [5, 5.41) is 9.05. The molecule has 0 bridgehead atoms. The number of nitriles is 1. The van der Waals surface area contributed by atoms with Crippen LogP contribution in [0, 0.1) is 11.3 Å². The molecule has 100 valence electrons. The van der Waals surface area contributed by atoms with Crippen molar-refractivity contribution in [1.82, 2.24) is 4.72 Å². The van der Waals surface area contributed by atoms with Crippen molar-refractivity contribution in [2.24, 2.45) is 0 Å². The summed E-state index contributed by atoms with van der Waals surface area (Å²) in [4.78, 5) is 0. The van der Waals surface area contributed by atoms with Crippen molar-refractivity contribution in [1.29, 1.82) is 5.26 Å². The lowest BCUT2D eigenvalue weighted by molar-refractivity contribution is 0.0910. The zero-order valence-electron chi connectivity index (χ0n) is 11.0. The number of rotatable bonds is 8. The standard InChI is InChI=1S/C11H22N2O3S/c1-5-11(6-2,9-12)13-17(14,15)8-7-16-10(3)4/h10,13H,5-8H2,1-4H3. The van der Waals surface area contributed by atoms with Gasteiger partial charge in [-0.3, -0.25) is 0 Å². The molecular formula is C11H22N2O3S. The van der Waals surface area contributed by atoms with E-state index in [4.69, 9.17) is 10.00 Å². The van der Waals surface area contributed by atoms with Crippen LogP contribution in [-0.2, 0) is 14.8 Å². The van der Waals surface area contributed by atoms with E-state index in [-0.39, 0.29) is 18.5 Å². The molecule has 0 rings (SSSR count). The molecule has 0 aromatic rings. The van der Waals surface area contributed by atoms with Crippen molar-refractivity contribution in [3.05, 3.63) is 0 Å². The van der Waals surface area contributed by atoms with E-state index < -0.39 is 15.6 Å². The second-order valence-corrected chi connectivity index (χ2v) is 6.08. The summed E-state index contributed by atoms with van der Waals surface area (Å²) < 4.78 is 31.2. The minimum Gasteiger partial charge on any atom is -0.378 e. The summed E-state index contributed by atoms with van der Waals surface area (Å²) in [7, 11) is -3.47. The van der Waals surface area contributed by atoms with Crippen molar-refractivity contribution in [3.8, 4) is 6.07 Å². The second-order valence-electron chi connectivity index (χ2n) is 4.24. The van der Waals surface area contributed by atoms with Gasteiger partial charge in [-0.25, -0.2) is 8.42 Å². The van der Waals surface area contributed by atoms with Gasteiger partial charge in [-0.15, -0.1) is 0 Å².